The first kappa shape index (κ1) is 21.9. The Balaban J connectivity index is 0.00000280. The number of benzene rings is 2. The zero-order valence-electron chi connectivity index (χ0n) is 16.3. The highest BCUT2D eigenvalue weighted by atomic mass is 35.5. The van der Waals surface area contributed by atoms with Crippen LogP contribution < -0.4 is 11.1 Å². The van der Waals surface area contributed by atoms with Gasteiger partial charge < -0.3 is 16.0 Å². The van der Waals surface area contributed by atoms with Gasteiger partial charge in [-0.1, -0.05) is 44.2 Å². The summed E-state index contributed by atoms with van der Waals surface area (Å²) in [6, 6.07) is 17.4. The van der Waals surface area contributed by atoms with Gasteiger partial charge in [-0.25, -0.2) is 0 Å². The lowest BCUT2D eigenvalue weighted by Gasteiger charge is -2.17. The Kier molecular flexibility index (Phi) is 7.61. The molecule has 2 aromatic rings. The molecular weight excluding hydrogens is 374 g/mol. The second-order valence-electron chi connectivity index (χ2n) is 7.44. The molecule has 0 saturated carbocycles. The fraction of sp³-hybridized carbons (Fsp3) is 0.364. The first-order valence-corrected chi connectivity index (χ1v) is 9.44. The van der Waals surface area contributed by atoms with Gasteiger partial charge in [0.05, 0.1) is 0 Å². The monoisotopic (exact) mass is 401 g/mol. The molecule has 3 N–H and O–H groups in total. The Morgan fingerprint density at radius 2 is 1.71 bits per heavy atom. The molecule has 3 rings (SSSR count). The summed E-state index contributed by atoms with van der Waals surface area (Å²) in [4.78, 5) is 26.6. The van der Waals surface area contributed by atoms with E-state index in [0.717, 1.165) is 0 Å². The maximum atomic E-state index is 12.9. The van der Waals surface area contributed by atoms with E-state index < -0.39 is 0 Å². The average Bonchev–Trinajstić information content (AvgIpc) is 3.13. The van der Waals surface area contributed by atoms with Crippen LogP contribution in [0.15, 0.2) is 54.6 Å². The molecular formula is C22H28ClN3O2. The number of halogens is 1. The van der Waals surface area contributed by atoms with E-state index in [9.17, 15) is 9.59 Å². The van der Waals surface area contributed by atoms with Gasteiger partial charge in [-0.05, 0) is 42.3 Å². The van der Waals surface area contributed by atoms with Crippen molar-refractivity contribution < 1.29 is 9.59 Å². The van der Waals surface area contributed by atoms with E-state index in [1.165, 1.54) is 5.56 Å². The van der Waals surface area contributed by atoms with Gasteiger partial charge in [0.1, 0.15) is 0 Å². The average molecular weight is 402 g/mol. The van der Waals surface area contributed by atoms with Gasteiger partial charge in [0, 0.05) is 36.2 Å². The van der Waals surface area contributed by atoms with E-state index in [0.29, 0.717) is 30.9 Å². The molecule has 0 aromatic heterocycles. The highest BCUT2D eigenvalue weighted by molar-refractivity contribution is 5.96. The molecule has 5 nitrogen and oxygen atoms in total. The second kappa shape index (κ2) is 9.71. The number of amides is 2. The number of hydrogen-bond donors (Lipinski definition) is 2. The van der Waals surface area contributed by atoms with Crippen LogP contribution in [0, 0.1) is 11.8 Å². The van der Waals surface area contributed by atoms with Crippen LogP contribution in [0.3, 0.4) is 0 Å². The van der Waals surface area contributed by atoms with Gasteiger partial charge in [-0.3, -0.25) is 9.59 Å². The van der Waals surface area contributed by atoms with Crippen molar-refractivity contribution in [3.8, 4) is 0 Å². The van der Waals surface area contributed by atoms with Crippen molar-refractivity contribution in [3.63, 3.8) is 0 Å². The first-order chi connectivity index (χ1) is 13.0. The highest BCUT2D eigenvalue weighted by Gasteiger charge is 2.35. The molecule has 0 unspecified atom stereocenters. The topological polar surface area (TPSA) is 75.4 Å². The highest BCUT2D eigenvalue weighted by Crippen LogP contribution is 2.32. The van der Waals surface area contributed by atoms with Crippen molar-refractivity contribution in [1.29, 1.82) is 0 Å². The minimum absolute atomic E-state index is 0. The Bertz CT molecular complexity index is 793. The molecule has 150 valence electrons. The summed E-state index contributed by atoms with van der Waals surface area (Å²) in [6.45, 7) is 5.59. The standard InChI is InChI=1S/C22H27N3O2.ClH/c1-15(2)21(26)24-19-10-8-17(9-11-19)22(27)25-13-18(12-23)20(14-25)16-6-4-3-5-7-16;/h3-11,15,18,20H,12-14,23H2,1-2H3,(H,24,26);1H/t18-,20+;/m1./s1. The second-order valence-corrected chi connectivity index (χ2v) is 7.44. The molecule has 0 bridgehead atoms. The lowest BCUT2D eigenvalue weighted by Crippen LogP contribution is -2.29. The SMILES string of the molecule is CC(C)C(=O)Nc1ccc(C(=O)N2C[C@@H](CN)[C@H](c3ccccc3)C2)cc1.Cl. The number of carbonyl (C=O) groups excluding carboxylic acids is 2. The summed E-state index contributed by atoms with van der Waals surface area (Å²) < 4.78 is 0. The third-order valence-corrected chi connectivity index (χ3v) is 5.18. The van der Waals surface area contributed by atoms with Gasteiger partial charge in [0.25, 0.3) is 5.91 Å². The fourth-order valence-electron chi connectivity index (χ4n) is 3.52. The van der Waals surface area contributed by atoms with Crippen LogP contribution in [0.4, 0.5) is 5.69 Å². The lowest BCUT2D eigenvalue weighted by molar-refractivity contribution is -0.118. The van der Waals surface area contributed by atoms with E-state index in [-0.39, 0.29) is 42.0 Å². The molecule has 0 aliphatic carbocycles. The molecule has 2 amide bonds. The van der Waals surface area contributed by atoms with Gasteiger partial charge >= 0.3 is 0 Å². The van der Waals surface area contributed by atoms with Crippen molar-refractivity contribution in [2.24, 2.45) is 17.6 Å². The first-order valence-electron chi connectivity index (χ1n) is 9.44. The molecule has 1 aliphatic rings. The predicted molar refractivity (Wildman–Crippen MR) is 115 cm³/mol. The minimum Gasteiger partial charge on any atom is -0.338 e. The van der Waals surface area contributed by atoms with Crippen molar-refractivity contribution in [2.75, 3.05) is 25.0 Å². The summed E-state index contributed by atoms with van der Waals surface area (Å²) in [5, 5.41) is 2.84. The lowest BCUT2D eigenvalue weighted by atomic mass is 9.89. The van der Waals surface area contributed by atoms with Crippen LogP contribution in [0.5, 0.6) is 0 Å². The molecule has 1 heterocycles. The summed E-state index contributed by atoms with van der Waals surface area (Å²) in [5.41, 5.74) is 8.54. The summed E-state index contributed by atoms with van der Waals surface area (Å²) in [7, 11) is 0. The summed E-state index contributed by atoms with van der Waals surface area (Å²) in [6.07, 6.45) is 0. The van der Waals surface area contributed by atoms with Gasteiger partial charge in [-0.2, -0.15) is 0 Å². The van der Waals surface area contributed by atoms with Crippen LogP contribution >= 0.6 is 12.4 Å². The van der Waals surface area contributed by atoms with Crippen LogP contribution in [-0.2, 0) is 4.79 Å². The number of rotatable bonds is 5. The van der Waals surface area contributed by atoms with Crippen molar-refractivity contribution in [1.82, 2.24) is 4.90 Å². The predicted octanol–water partition coefficient (Wildman–Crippen LogP) is 3.52. The Morgan fingerprint density at radius 3 is 2.29 bits per heavy atom. The van der Waals surface area contributed by atoms with Crippen molar-refractivity contribution in [2.45, 2.75) is 19.8 Å². The number of hydrogen-bond acceptors (Lipinski definition) is 3. The van der Waals surface area contributed by atoms with Gasteiger partial charge in [0.2, 0.25) is 5.91 Å². The quantitative estimate of drug-likeness (QED) is 0.804. The molecule has 1 saturated heterocycles. The molecule has 1 aliphatic heterocycles. The molecule has 1 fully saturated rings. The maximum absolute atomic E-state index is 12.9. The van der Waals surface area contributed by atoms with Crippen LogP contribution in [-0.4, -0.2) is 36.3 Å². The number of likely N-dealkylation sites (tertiary alicyclic amines) is 1. The minimum atomic E-state index is -0.0842. The third kappa shape index (κ3) is 4.91. The largest absolute Gasteiger partial charge is 0.338 e. The van der Waals surface area contributed by atoms with E-state index in [1.54, 1.807) is 24.3 Å². The van der Waals surface area contributed by atoms with E-state index in [1.807, 2.05) is 36.9 Å². The Labute approximate surface area is 172 Å². The normalized spacial score (nSPS) is 18.6. The van der Waals surface area contributed by atoms with E-state index >= 15 is 0 Å². The molecule has 2 atom stereocenters. The molecule has 2 aromatic carbocycles. The molecule has 0 radical (unpaired) electrons. The number of nitrogens with zero attached hydrogens (tertiary/aromatic N) is 1. The molecule has 0 spiro atoms. The molecule has 6 heteroatoms. The zero-order chi connectivity index (χ0) is 19.4. The number of carbonyl (C=O) groups is 2. The van der Waals surface area contributed by atoms with Crippen molar-refractivity contribution in [3.05, 3.63) is 65.7 Å². The number of anilines is 1. The van der Waals surface area contributed by atoms with Crippen LogP contribution in [0.2, 0.25) is 0 Å². The Hall–Kier alpha value is -2.37. The number of nitrogens with one attached hydrogen (secondary N) is 1. The number of nitrogens with two attached hydrogens (primary N) is 1. The smallest absolute Gasteiger partial charge is 0.253 e. The summed E-state index contributed by atoms with van der Waals surface area (Å²) >= 11 is 0. The molecule has 28 heavy (non-hydrogen) atoms. The van der Waals surface area contributed by atoms with E-state index in [4.69, 9.17) is 5.73 Å². The van der Waals surface area contributed by atoms with Gasteiger partial charge in [-0.15, -0.1) is 12.4 Å². The van der Waals surface area contributed by atoms with Crippen molar-refractivity contribution >= 4 is 29.9 Å². The maximum Gasteiger partial charge on any atom is 0.253 e. The van der Waals surface area contributed by atoms with Crippen LogP contribution in [0.25, 0.3) is 0 Å². The van der Waals surface area contributed by atoms with Gasteiger partial charge in [0.15, 0.2) is 0 Å². The Morgan fingerprint density at radius 1 is 1.07 bits per heavy atom. The summed E-state index contributed by atoms with van der Waals surface area (Å²) in [5.74, 6) is 0.420. The zero-order valence-corrected chi connectivity index (χ0v) is 17.1. The van der Waals surface area contributed by atoms with Crippen LogP contribution in [0.1, 0.15) is 35.7 Å². The fourth-order valence-corrected chi connectivity index (χ4v) is 3.52. The third-order valence-electron chi connectivity index (χ3n) is 5.18. The van der Waals surface area contributed by atoms with E-state index in [2.05, 4.69) is 17.4 Å².